The number of carbonyl (C=O) groups excluding carboxylic acids is 1. The molecule has 4 nitrogen and oxygen atoms in total. The van der Waals surface area contributed by atoms with Crippen molar-refractivity contribution in [3.63, 3.8) is 0 Å². The van der Waals surface area contributed by atoms with Crippen LogP contribution in [0, 0.1) is 13.8 Å². The van der Waals surface area contributed by atoms with Gasteiger partial charge < -0.3 is 5.32 Å². The van der Waals surface area contributed by atoms with Crippen molar-refractivity contribution in [2.75, 3.05) is 10.6 Å². The third kappa shape index (κ3) is 5.13. The Morgan fingerprint density at radius 3 is 2.23 bits per heavy atom. The molecule has 0 saturated carbocycles. The van der Waals surface area contributed by atoms with Crippen LogP contribution in [0.15, 0.2) is 78.2 Å². The van der Waals surface area contributed by atoms with Crippen molar-refractivity contribution >= 4 is 28.2 Å². The number of anilines is 2. The summed E-state index contributed by atoms with van der Waals surface area (Å²) in [6, 6.07) is 24.5. The summed E-state index contributed by atoms with van der Waals surface area (Å²) in [7, 11) is 0. The standard InChI is InChI=1S/C25H23N3OS/c1-17-12-18(2)14-22(13-17)26-24(29)28-25-27-23(16-30-25)21-10-8-20(9-11-21)15-19-6-4-3-5-7-19/h3-14,16H,15H2,1-2H3,(H2,26,27,28,29). The molecule has 30 heavy (non-hydrogen) atoms. The van der Waals surface area contributed by atoms with Gasteiger partial charge in [0.1, 0.15) is 0 Å². The molecule has 2 amide bonds. The highest BCUT2D eigenvalue weighted by Gasteiger charge is 2.09. The van der Waals surface area contributed by atoms with E-state index < -0.39 is 0 Å². The van der Waals surface area contributed by atoms with Gasteiger partial charge in [-0.3, -0.25) is 5.32 Å². The molecule has 0 fully saturated rings. The Bertz CT molecular complexity index is 1130. The van der Waals surface area contributed by atoms with Gasteiger partial charge in [-0.1, -0.05) is 60.7 Å². The highest BCUT2D eigenvalue weighted by atomic mass is 32.1. The average Bonchev–Trinajstić information content (AvgIpc) is 3.17. The van der Waals surface area contributed by atoms with Crippen molar-refractivity contribution < 1.29 is 4.79 Å². The first-order valence-corrected chi connectivity index (χ1v) is 10.7. The molecule has 0 bridgehead atoms. The molecule has 2 N–H and O–H groups in total. The van der Waals surface area contributed by atoms with Crippen LogP contribution >= 0.6 is 11.3 Å². The maximum Gasteiger partial charge on any atom is 0.325 e. The third-order valence-electron chi connectivity index (χ3n) is 4.70. The van der Waals surface area contributed by atoms with Gasteiger partial charge in [-0.05, 0) is 54.7 Å². The van der Waals surface area contributed by atoms with E-state index in [0.29, 0.717) is 5.13 Å². The van der Waals surface area contributed by atoms with Crippen molar-refractivity contribution in [1.82, 2.24) is 4.98 Å². The molecule has 0 saturated heterocycles. The number of nitrogens with one attached hydrogen (secondary N) is 2. The van der Waals surface area contributed by atoms with Crippen LogP contribution in [0.4, 0.5) is 15.6 Å². The molecule has 4 aromatic rings. The second kappa shape index (κ2) is 8.93. The van der Waals surface area contributed by atoms with Gasteiger partial charge in [0, 0.05) is 16.6 Å². The van der Waals surface area contributed by atoms with Gasteiger partial charge in [-0.15, -0.1) is 11.3 Å². The van der Waals surface area contributed by atoms with Crippen molar-refractivity contribution in [2.45, 2.75) is 20.3 Å². The maximum atomic E-state index is 12.3. The zero-order chi connectivity index (χ0) is 20.9. The molecule has 150 valence electrons. The second-order valence-electron chi connectivity index (χ2n) is 7.35. The van der Waals surface area contributed by atoms with E-state index in [1.165, 1.54) is 22.5 Å². The fraction of sp³-hybridized carbons (Fsp3) is 0.120. The largest absolute Gasteiger partial charge is 0.325 e. The van der Waals surface area contributed by atoms with Crippen LogP contribution in [0.2, 0.25) is 0 Å². The summed E-state index contributed by atoms with van der Waals surface area (Å²) in [6.45, 7) is 4.02. The van der Waals surface area contributed by atoms with Gasteiger partial charge >= 0.3 is 6.03 Å². The SMILES string of the molecule is Cc1cc(C)cc(NC(=O)Nc2nc(-c3ccc(Cc4ccccc4)cc3)cs2)c1. The number of nitrogens with zero attached hydrogens (tertiary/aromatic N) is 1. The number of urea groups is 1. The summed E-state index contributed by atoms with van der Waals surface area (Å²) in [4.78, 5) is 16.9. The van der Waals surface area contributed by atoms with Crippen LogP contribution in [-0.2, 0) is 6.42 Å². The Labute approximate surface area is 180 Å². The summed E-state index contributed by atoms with van der Waals surface area (Å²) < 4.78 is 0. The van der Waals surface area contributed by atoms with Gasteiger partial charge in [0.25, 0.3) is 0 Å². The van der Waals surface area contributed by atoms with Crippen LogP contribution in [0.1, 0.15) is 22.3 Å². The first-order chi connectivity index (χ1) is 14.5. The minimum atomic E-state index is -0.292. The Hall–Kier alpha value is -3.44. The summed E-state index contributed by atoms with van der Waals surface area (Å²) in [6.07, 6.45) is 0.906. The average molecular weight is 414 g/mol. The number of aryl methyl sites for hydroxylation is 2. The van der Waals surface area contributed by atoms with Crippen LogP contribution in [0.25, 0.3) is 11.3 Å². The Morgan fingerprint density at radius 1 is 0.867 bits per heavy atom. The van der Waals surface area contributed by atoms with Gasteiger partial charge in [-0.25, -0.2) is 9.78 Å². The zero-order valence-corrected chi connectivity index (χ0v) is 17.8. The lowest BCUT2D eigenvalue weighted by atomic mass is 10.0. The van der Waals surface area contributed by atoms with Crippen LogP contribution in [-0.4, -0.2) is 11.0 Å². The predicted molar refractivity (Wildman–Crippen MR) is 125 cm³/mol. The van der Waals surface area contributed by atoms with E-state index in [-0.39, 0.29) is 6.03 Å². The van der Waals surface area contributed by atoms with E-state index in [4.69, 9.17) is 0 Å². The van der Waals surface area contributed by atoms with Gasteiger partial charge in [0.2, 0.25) is 0 Å². The molecule has 0 aliphatic carbocycles. The van der Waals surface area contributed by atoms with Crippen molar-refractivity contribution in [1.29, 1.82) is 0 Å². The number of carbonyl (C=O) groups is 1. The van der Waals surface area contributed by atoms with Crippen molar-refractivity contribution in [2.24, 2.45) is 0 Å². The number of aromatic nitrogens is 1. The molecule has 0 unspecified atom stereocenters. The summed E-state index contributed by atoms with van der Waals surface area (Å²) in [5.74, 6) is 0. The lowest BCUT2D eigenvalue weighted by Gasteiger charge is -2.07. The van der Waals surface area contributed by atoms with E-state index in [0.717, 1.165) is 34.5 Å². The third-order valence-corrected chi connectivity index (χ3v) is 5.46. The second-order valence-corrected chi connectivity index (χ2v) is 8.21. The number of benzene rings is 3. The maximum absolute atomic E-state index is 12.3. The van der Waals surface area contributed by atoms with Gasteiger partial charge in [-0.2, -0.15) is 0 Å². The zero-order valence-electron chi connectivity index (χ0n) is 17.0. The minimum Gasteiger partial charge on any atom is -0.308 e. The topological polar surface area (TPSA) is 54.0 Å². The van der Waals surface area contributed by atoms with E-state index in [9.17, 15) is 4.79 Å². The molecule has 0 aliphatic heterocycles. The summed E-state index contributed by atoms with van der Waals surface area (Å²) >= 11 is 1.41. The number of rotatable bonds is 5. The summed E-state index contributed by atoms with van der Waals surface area (Å²) in [5.41, 5.74) is 7.43. The molecule has 5 heteroatoms. The fourth-order valence-corrected chi connectivity index (χ4v) is 4.11. The van der Waals surface area contributed by atoms with E-state index in [1.54, 1.807) is 0 Å². The molecule has 3 aromatic carbocycles. The molecule has 0 spiro atoms. The molecule has 0 aliphatic rings. The number of hydrogen-bond donors (Lipinski definition) is 2. The van der Waals surface area contributed by atoms with Crippen LogP contribution < -0.4 is 10.6 Å². The number of hydrogen-bond acceptors (Lipinski definition) is 3. The Kier molecular flexibility index (Phi) is 5.91. The molecule has 0 atom stereocenters. The number of thiazole rings is 1. The smallest absolute Gasteiger partial charge is 0.308 e. The molecule has 1 aromatic heterocycles. The molecule has 1 heterocycles. The molecule has 4 rings (SSSR count). The van der Waals surface area contributed by atoms with Crippen LogP contribution in [0.3, 0.4) is 0 Å². The highest BCUT2D eigenvalue weighted by molar-refractivity contribution is 7.14. The molecular weight excluding hydrogens is 390 g/mol. The van der Waals surface area contributed by atoms with Gasteiger partial charge in [0.05, 0.1) is 5.69 Å². The minimum absolute atomic E-state index is 0.292. The van der Waals surface area contributed by atoms with E-state index >= 15 is 0 Å². The molecular formula is C25H23N3OS. The number of amides is 2. The Balaban J connectivity index is 1.39. The predicted octanol–water partition coefficient (Wildman–Crippen LogP) is 6.66. The first-order valence-electron chi connectivity index (χ1n) is 9.80. The fourth-order valence-electron chi connectivity index (χ4n) is 3.39. The van der Waals surface area contributed by atoms with Crippen molar-refractivity contribution in [3.8, 4) is 11.3 Å². The van der Waals surface area contributed by atoms with Crippen LogP contribution in [0.5, 0.6) is 0 Å². The van der Waals surface area contributed by atoms with Gasteiger partial charge in [0.15, 0.2) is 5.13 Å². The Morgan fingerprint density at radius 2 is 1.53 bits per heavy atom. The normalized spacial score (nSPS) is 10.6. The van der Waals surface area contributed by atoms with E-state index in [1.807, 2.05) is 37.4 Å². The van der Waals surface area contributed by atoms with Crippen molar-refractivity contribution in [3.05, 3.63) is 100 Å². The highest BCUT2D eigenvalue weighted by Crippen LogP contribution is 2.26. The summed E-state index contributed by atoms with van der Waals surface area (Å²) in [5, 5.41) is 8.22. The van der Waals surface area contributed by atoms with E-state index in [2.05, 4.69) is 70.2 Å². The monoisotopic (exact) mass is 413 g/mol. The quantitative estimate of drug-likeness (QED) is 0.384. The first kappa shape index (κ1) is 19.9. The molecule has 0 radical (unpaired) electrons. The lowest BCUT2D eigenvalue weighted by molar-refractivity contribution is 0.262. The lowest BCUT2D eigenvalue weighted by Crippen LogP contribution is -2.19.